The van der Waals surface area contributed by atoms with Gasteiger partial charge in [-0.05, 0) is 26.0 Å². The lowest BCUT2D eigenvalue weighted by Crippen LogP contribution is -2.55. The third-order valence-corrected chi connectivity index (χ3v) is 6.20. The van der Waals surface area contributed by atoms with E-state index in [0.717, 1.165) is 22.4 Å². The van der Waals surface area contributed by atoms with Crippen molar-refractivity contribution in [3.63, 3.8) is 0 Å². The SMILES string of the molecule is Cc1nccn1-c1cc(N2CCN(C(=O)C(C)N3C(=O)c4ccccc4C3=O)CC2)ncn1. The van der Waals surface area contributed by atoms with Gasteiger partial charge >= 0.3 is 0 Å². The first-order valence-electron chi connectivity index (χ1n) is 10.8. The smallest absolute Gasteiger partial charge is 0.262 e. The van der Waals surface area contributed by atoms with Crippen LogP contribution < -0.4 is 4.90 Å². The molecule has 0 saturated carbocycles. The standard InChI is InChI=1S/C23H23N7O3/c1-15(30-22(32)17-5-3-4-6-18(17)23(30)33)21(31)28-11-9-27(10-12-28)19-13-20(26-14-25-19)29-8-7-24-16(29)2/h3-8,13-15H,9-12H2,1-2H3. The van der Waals surface area contributed by atoms with Crippen molar-refractivity contribution < 1.29 is 14.4 Å². The second-order valence-electron chi connectivity index (χ2n) is 8.09. The molecule has 10 heteroatoms. The number of rotatable bonds is 4. The number of fused-ring (bicyclic) bond motifs is 1. The largest absolute Gasteiger partial charge is 0.353 e. The summed E-state index contributed by atoms with van der Waals surface area (Å²) in [7, 11) is 0. The van der Waals surface area contributed by atoms with Crippen LogP contribution in [0.25, 0.3) is 5.82 Å². The van der Waals surface area contributed by atoms with Crippen molar-refractivity contribution in [1.29, 1.82) is 0 Å². The van der Waals surface area contributed by atoms with E-state index >= 15 is 0 Å². The fourth-order valence-corrected chi connectivity index (χ4v) is 4.35. The Bertz CT molecular complexity index is 1210. The average molecular weight is 445 g/mol. The zero-order valence-electron chi connectivity index (χ0n) is 18.4. The molecule has 0 aliphatic carbocycles. The molecule has 1 aromatic carbocycles. The Labute approximate surface area is 190 Å². The summed E-state index contributed by atoms with van der Waals surface area (Å²) in [6, 6.07) is 7.70. The van der Waals surface area contributed by atoms with E-state index < -0.39 is 17.9 Å². The van der Waals surface area contributed by atoms with Crippen LogP contribution in [0, 0.1) is 6.92 Å². The second-order valence-corrected chi connectivity index (χ2v) is 8.09. The number of benzene rings is 1. The first kappa shape index (κ1) is 20.8. The first-order valence-corrected chi connectivity index (χ1v) is 10.8. The first-order chi connectivity index (χ1) is 16.0. The van der Waals surface area contributed by atoms with Gasteiger partial charge in [0.2, 0.25) is 5.91 Å². The van der Waals surface area contributed by atoms with Gasteiger partial charge in [-0.25, -0.2) is 15.0 Å². The number of anilines is 1. The van der Waals surface area contributed by atoms with Gasteiger partial charge < -0.3 is 9.80 Å². The Morgan fingerprint density at radius 2 is 1.58 bits per heavy atom. The zero-order chi connectivity index (χ0) is 23.1. The number of aryl methyl sites for hydroxylation is 1. The highest BCUT2D eigenvalue weighted by Gasteiger charge is 2.42. The third-order valence-electron chi connectivity index (χ3n) is 6.20. The van der Waals surface area contributed by atoms with E-state index in [4.69, 9.17) is 0 Å². The minimum atomic E-state index is -0.862. The average Bonchev–Trinajstić information content (AvgIpc) is 3.39. The van der Waals surface area contributed by atoms with Gasteiger partial charge in [0, 0.05) is 44.6 Å². The van der Waals surface area contributed by atoms with Crippen LogP contribution in [0.5, 0.6) is 0 Å². The fourth-order valence-electron chi connectivity index (χ4n) is 4.35. The third kappa shape index (κ3) is 3.53. The lowest BCUT2D eigenvalue weighted by Gasteiger charge is -2.37. The molecule has 10 nitrogen and oxygen atoms in total. The number of imidazole rings is 1. The van der Waals surface area contributed by atoms with Crippen LogP contribution in [0.15, 0.2) is 49.1 Å². The van der Waals surface area contributed by atoms with Gasteiger partial charge in [0.25, 0.3) is 11.8 Å². The maximum atomic E-state index is 13.1. The molecule has 3 amide bonds. The molecule has 2 aromatic heterocycles. The van der Waals surface area contributed by atoms with Crippen LogP contribution in [-0.4, -0.2) is 79.3 Å². The van der Waals surface area contributed by atoms with Gasteiger partial charge in [0.15, 0.2) is 0 Å². The van der Waals surface area contributed by atoms with Crippen LogP contribution >= 0.6 is 0 Å². The highest BCUT2D eigenvalue weighted by atomic mass is 16.2. The Hall–Kier alpha value is -4.08. The highest BCUT2D eigenvalue weighted by Crippen LogP contribution is 2.25. The summed E-state index contributed by atoms with van der Waals surface area (Å²) in [5, 5.41) is 0. The Morgan fingerprint density at radius 3 is 2.18 bits per heavy atom. The summed E-state index contributed by atoms with van der Waals surface area (Å²) in [5.74, 6) is 1.26. The van der Waals surface area contributed by atoms with Gasteiger partial charge in [-0.2, -0.15) is 0 Å². The molecule has 4 heterocycles. The summed E-state index contributed by atoms with van der Waals surface area (Å²) in [6.07, 6.45) is 5.08. The van der Waals surface area contributed by atoms with Crippen LogP contribution in [0.4, 0.5) is 5.82 Å². The van der Waals surface area contributed by atoms with Crippen molar-refractivity contribution in [3.8, 4) is 5.82 Å². The maximum absolute atomic E-state index is 13.1. The maximum Gasteiger partial charge on any atom is 0.262 e. The molecule has 0 N–H and O–H groups in total. The van der Waals surface area contributed by atoms with E-state index in [0.29, 0.717) is 37.3 Å². The molecule has 1 atom stereocenters. The minimum absolute atomic E-state index is 0.235. The molecule has 2 aliphatic rings. The van der Waals surface area contributed by atoms with E-state index in [2.05, 4.69) is 19.9 Å². The number of amides is 3. The van der Waals surface area contributed by atoms with E-state index in [9.17, 15) is 14.4 Å². The molecule has 33 heavy (non-hydrogen) atoms. The van der Waals surface area contributed by atoms with Gasteiger partial charge in [-0.1, -0.05) is 12.1 Å². The van der Waals surface area contributed by atoms with Crippen molar-refractivity contribution in [3.05, 3.63) is 66.0 Å². The van der Waals surface area contributed by atoms with Crippen molar-refractivity contribution in [2.75, 3.05) is 31.1 Å². The van der Waals surface area contributed by atoms with Crippen molar-refractivity contribution in [1.82, 2.24) is 29.3 Å². The summed E-state index contributed by atoms with van der Waals surface area (Å²) in [5.41, 5.74) is 0.694. The Balaban J connectivity index is 1.25. The number of carbonyl (C=O) groups is 3. The summed E-state index contributed by atoms with van der Waals surface area (Å²) in [6.45, 7) is 5.62. The van der Waals surface area contributed by atoms with E-state index in [1.807, 2.05) is 23.8 Å². The molecule has 0 radical (unpaired) electrons. The number of aromatic nitrogens is 4. The van der Waals surface area contributed by atoms with Crippen LogP contribution in [-0.2, 0) is 4.79 Å². The lowest BCUT2D eigenvalue weighted by molar-refractivity contribution is -0.135. The van der Waals surface area contributed by atoms with Gasteiger partial charge in [-0.15, -0.1) is 0 Å². The van der Waals surface area contributed by atoms with E-state index in [1.165, 1.54) is 6.33 Å². The Morgan fingerprint density at radius 1 is 0.939 bits per heavy atom. The van der Waals surface area contributed by atoms with Crippen molar-refractivity contribution >= 4 is 23.5 Å². The number of imide groups is 1. The molecule has 5 rings (SSSR count). The summed E-state index contributed by atoms with van der Waals surface area (Å²) < 4.78 is 1.88. The molecule has 2 aliphatic heterocycles. The quantitative estimate of drug-likeness (QED) is 0.558. The Kier molecular flexibility index (Phi) is 5.12. The topological polar surface area (TPSA) is 105 Å². The highest BCUT2D eigenvalue weighted by molar-refractivity contribution is 6.22. The summed E-state index contributed by atoms with van der Waals surface area (Å²) >= 11 is 0. The van der Waals surface area contributed by atoms with Gasteiger partial charge in [0.1, 0.15) is 29.8 Å². The fraction of sp³-hybridized carbons (Fsp3) is 0.304. The van der Waals surface area contributed by atoms with E-state index in [-0.39, 0.29) is 5.91 Å². The monoisotopic (exact) mass is 445 g/mol. The number of nitrogens with zero attached hydrogens (tertiary/aromatic N) is 7. The van der Waals surface area contributed by atoms with Crippen LogP contribution in [0.2, 0.25) is 0 Å². The van der Waals surface area contributed by atoms with Crippen LogP contribution in [0.1, 0.15) is 33.5 Å². The number of hydrogen-bond acceptors (Lipinski definition) is 7. The molecule has 1 saturated heterocycles. The lowest BCUT2D eigenvalue weighted by atomic mass is 10.1. The molecule has 0 spiro atoms. The number of hydrogen-bond donors (Lipinski definition) is 0. The molecule has 168 valence electrons. The van der Waals surface area contributed by atoms with Gasteiger partial charge in [-0.3, -0.25) is 23.9 Å². The molecular formula is C23H23N7O3. The van der Waals surface area contributed by atoms with Crippen LogP contribution in [0.3, 0.4) is 0 Å². The normalized spacial score (nSPS) is 16.8. The number of carbonyl (C=O) groups excluding carboxylic acids is 3. The number of piperazine rings is 1. The van der Waals surface area contributed by atoms with E-state index in [1.54, 1.807) is 42.3 Å². The molecule has 3 aromatic rings. The van der Waals surface area contributed by atoms with Crippen molar-refractivity contribution in [2.45, 2.75) is 19.9 Å². The van der Waals surface area contributed by atoms with Gasteiger partial charge in [0.05, 0.1) is 11.1 Å². The predicted molar refractivity (Wildman–Crippen MR) is 119 cm³/mol. The van der Waals surface area contributed by atoms with Crippen molar-refractivity contribution in [2.24, 2.45) is 0 Å². The summed E-state index contributed by atoms with van der Waals surface area (Å²) in [4.78, 5) is 56.4. The molecule has 1 unspecified atom stereocenters. The molecule has 1 fully saturated rings. The molecular weight excluding hydrogens is 422 g/mol. The minimum Gasteiger partial charge on any atom is -0.353 e. The predicted octanol–water partition coefficient (Wildman–Crippen LogP) is 1.30. The second kappa shape index (κ2) is 8.12. The zero-order valence-corrected chi connectivity index (χ0v) is 18.4. The molecule has 0 bridgehead atoms.